The SMILES string of the molecule is Cc1cn(CC(=O)N(CCNC(=O)CN(CCNC(=O)CN(CCNC(=O)CN(CCNC(=O)COCCOCCNC(=O)COCCOCCN2CC(COP(=O)(O)OC3C(O)C(COP(=O)(O)O)OC3n3cnc4c(N)ncnc43)OC(n3cnc4c(N)ncnc43)C2)C(=O)Cn2cc(C)c(=O)[nH]c2=O)C(=O)Cn2cc(C)c(=O)[nH]c2=O)C(=O)Cn2cc(C)c(=O)[nH]c2=O)CC(N)=O)c(=O)[nH]c1=O. The van der Waals surface area contributed by atoms with E-state index in [1.165, 1.54) is 51.2 Å². The Morgan fingerprint density at radius 1 is 0.471 bits per heavy atom. The van der Waals surface area contributed by atoms with Gasteiger partial charge in [0.25, 0.3) is 22.2 Å². The second kappa shape index (κ2) is 50.6. The number of phosphoric acid groups is 2. The van der Waals surface area contributed by atoms with Crippen LogP contribution in [0.4, 0.5) is 11.6 Å². The number of carbonyl (C=O) groups excluding carboxylic acids is 10. The predicted octanol–water partition coefficient (Wildman–Crippen LogP) is -12.2. The summed E-state index contributed by atoms with van der Waals surface area (Å²) in [7, 11) is -10.3. The van der Waals surface area contributed by atoms with Crippen molar-refractivity contribution in [3.8, 4) is 0 Å². The Kier molecular flexibility index (Phi) is 39.0. The lowest BCUT2D eigenvalue weighted by molar-refractivity contribution is -0.138. The summed E-state index contributed by atoms with van der Waals surface area (Å²) >= 11 is 0. The number of phosphoric ester groups is 2. The maximum atomic E-state index is 14.1. The molecule has 8 aromatic heterocycles. The number of aliphatic hydroxyl groups excluding tert-OH is 1. The molecule has 10 amide bonds. The molecule has 7 unspecified atom stereocenters. The van der Waals surface area contributed by atoms with E-state index in [0.717, 1.165) is 69.0 Å². The predicted molar refractivity (Wildman–Crippen MR) is 476 cm³/mol. The first kappa shape index (κ1) is 108. The van der Waals surface area contributed by atoms with Gasteiger partial charge in [-0.3, -0.25) is 133 Å². The Morgan fingerprint density at radius 2 is 0.850 bits per heavy atom. The number of hydrogen-bond acceptors (Lipinski definition) is 39. The zero-order valence-electron chi connectivity index (χ0n) is 75.7. The molecular formula is C76H105N29O33P2. The highest BCUT2D eigenvalue weighted by Gasteiger charge is 2.51. The van der Waals surface area contributed by atoms with Crippen LogP contribution >= 0.6 is 15.6 Å². The second-order valence-corrected chi connectivity index (χ2v) is 34.1. The highest BCUT2D eigenvalue weighted by molar-refractivity contribution is 7.47. The number of imidazole rings is 2. The topological polar surface area (TPSA) is 830 Å². The number of amides is 10. The van der Waals surface area contributed by atoms with Crippen LogP contribution in [0.1, 0.15) is 34.7 Å². The molecular weight excluding hydrogens is 1910 g/mol. The maximum absolute atomic E-state index is 14.1. The number of anilines is 2. The minimum absolute atomic E-state index is 0.00886. The number of nitrogen functional groups attached to an aromatic ring is 2. The van der Waals surface area contributed by atoms with Gasteiger partial charge in [-0.15, -0.1) is 0 Å². The summed E-state index contributed by atoms with van der Waals surface area (Å²) in [6.07, 6.45) is 0.741. The van der Waals surface area contributed by atoms with Crippen molar-refractivity contribution in [3.05, 3.63) is 156 Å². The number of nitrogens with two attached hydrogens (primary N) is 3. The number of carbonyl (C=O) groups is 10. The van der Waals surface area contributed by atoms with E-state index in [2.05, 4.69) is 71.0 Å². The molecule has 19 N–H and O–H groups in total. The van der Waals surface area contributed by atoms with Gasteiger partial charge in [0, 0.05) is 126 Å². The van der Waals surface area contributed by atoms with Crippen molar-refractivity contribution in [2.75, 3.05) is 182 Å². The number of morpholine rings is 1. The van der Waals surface area contributed by atoms with Crippen LogP contribution in [0.5, 0.6) is 0 Å². The quantitative estimate of drug-likeness (QED) is 0.0124. The van der Waals surface area contributed by atoms with Crippen LogP contribution in [0.2, 0.25) is 0 Å². The average Bonchev–Trinajstić information content (AvgIpc) is 1.61. The molecule has 10 rings (SSSR count). The molecule has 7 atom stereocenters. The van der Waals surface area contributed by atoms with Gasteiger partial charge < -0.3 is 112 Å². The molecule has 140 heavy (non-hydrogen) atoms. The van der Waals surface area contributed by atoms with E-state index in [1.54, 1.807) is 4.57 Å². The summed E-state index contributed by atoms with van der Waals surface area (Å²) in [5.74, 6) is -8.38. The van der Waals surface area contributed by atoms with Gasteiger partial charge in [0.2, 0.25) is 59.1 Å². The van der Waals surface area contributed by atoms with E-state index >= 15 is 0 Å². The van der Waals surface area contributed by atoms with Crippen LogP contribution in [0.25, 0.3) is 22.3 Å². The van der Waals surface area contributed by atoms with Crippen LogP contribution in [-0.2, 0) is 125 Å². The van der Waals surface area contributed by atoms with Gasteiger partial charge in [0.05, 0.1) is 97.8 Å². The van der Waals surface area contributed by atoms with Crippen LogP contribution in [0.15, 0.2) is 88.5 Å². The van der Waals surface area contributed by atoms with Crippen LogP contribution in [0, 0.1) is 27.7 Å². The summed E-state index contributed by atoms with van der Waals surface area (Å²) in [4.78, 5) is 302. The van der Waals surface area contributed by atoms with E-state index in [-0.39, 0.29) is 149 Å². The van der Waals surface area contributed by atoms with Gasteiger partial charge in [0.15, 0.2) is 29.2 Å². The van der Waals surface area contributed by atoms with E-state index < -0.39 is 255 Å². The third kappa shape index (κ3) is 32.0. The Hall–Kier alpha value is -14.0. The number of ether oxygens (including phenoxy) is 6. The standard InChI is InChI=1S/C76H105N29O33P2/c1-43-21-100(73(121)91-68(43)117)30-55(112)96(26-49(77)106)10-5-80-50(107)27-97(56(113)31-101-22-44(2)69(118)92-74(101)122)11-6-81-51(108)28-98(57(114)32-102-23-45(3)70(119)93-75(102)123)12-7-82-52(109)29-99(58(115)33-103-24-46(4)71(120)94-76(103)124)13-8-83-53(110)37-132-19-17-130-15-9-84-54(111)38-133-20-18-131-16-14-95-25-47(136-59(34-95)104-41-89-60-64(78)85-39-87-66(60)104)35-135-140(128,129)138-63-62(116)48(36-134-139(125,126)127)137-72(63)105-42-90-61-65(79)86-40-88-67(61)105/h21-24,39-42,47-48,59,62-63,72,116H,5-20,25-38H2,1-4H3,(H2,77,106)(H,80,107)(H,81,108)(H,82,109)(H,83,110)(H,84,111)(H,128,129)(H2,78,85,87)(H2,79,86,88)(H,91,117,121)(H,92,118,122)(H,93,119,123)(H,94,120,124)(H2,125,126,127). The number of fused-ring (bicyclic) bond motifs is 2. The molecule has 2 aliphatic heterocycles. The van der Waals surface area contributed by atoms with Gasteiger partial charge in [-0.25, -0.2) is 58.2 Å². The molecule has 2 fully saturated rings. The minimum atomic E-state index is -5.22. The molecule has 10 heterocycles. The zero-order valence-corrected chi connectivity index (χ0v) is 77.4. The van der Waals surface area contributed by atoms with Crippen molar-refractivity contribution in [1.29, 1.82) is 0 Å². The first-order valence-electron chi connectivity index (χ1n) is 42.7. The van der Waals surface area contributed by atoms with Crippen molar-refractivity contribution in [2.45, 2.75) is 90.7 Å². The third-order valence-corrected chi connectivity index (χ3v) is 22.3. The summed E-state index contributed by atoms with van der Waals surface area (Å²) in [5.41, 5.74) is 11.4. The molecule has 0 saturated carbocycles. The molecule has 0 spiro atoms. The number of nitrogens with one attached hydrogen (secondary N) is 9. The lowest BCUT2D eigenvalue weighted by Crippen LogP contribution is -2.50. The number of H-pyrrole nitrogens is 4. The summed E-state index contributed by atoms with van der Waals surface area (Å²) in [6.45, 7) is -5.69. The monoisotopic (exact) mass is 2010 g/mol. The van der Waals surface area contributed by atoms with E-state index in [9.17, 15) is 115 Å². The van der Waals surface area contributed by atoms with E-state index in [1.807, 2.05) is 14.9 Å². The fourth-order valence-corrected chi connectivity index (χ4v) is 15.1. The second-order valence-electron chi connectivity index (χ2n) is 31.4. The number of primary amides is 1. The molecule has 64 heteroatoms. The van der Waals surface area contributed by atoms with Crippen molar-refractivity contribution < 1.29 is 119 Å². The normalized spacial score (nSPS) is 16.4. The van der Waals surface area contributed by atoms with Gasteiger partial charge in [-0.05, 0) is 27.7 Å². The van der Waals surface area contributed by atoms with Crippen LogP contribution < -0.4 is 88.8 Å². The summed E-state index contributed by atoms with van der Waals surface area (Å²) in [5, 5.41) is 24.0. The first-order chi connectivity index (χ1) is 66.5. The summed E-state index contributed by atoms with van der Waals surface area (Å²) in [6, 6.07) is 0. The maximum Gasteiger partial charge on any atom is 0.472 e. The fraction of sp³-hybridized carbons (Fsp3) is 0.526. The van der Waals surface area contributed by atoms with Crippen molar-refractivity contribution >= 4 is 109 Å². The molecule has 0 bridgehead atoms. The largest absolute Gasteiger partial charge is 0.472 e. The van der Waals surface area contributed by atoms with E-state index in [4.69, 9.17) is 54.7 Å². The molecule has 0 radical (unpaired) electrons. The molecule has 2 aliphatic rings. The highest BCUT2D eigenvalue weighted by Crippen LogP contribution is 2.50. The third-order valence-electron chi connectivity index (χ3n) is 20.9. The van der Waals surface area contributed by atoms with Crippen molar-refractivity contribution in [3.63, 3.8) is 0 Å². The molecule has 0 aliphatic carbocycles. The van der Waals surface area contributed by atoms with Crippen LogP contribution in [0.3, 0.4) is 0 Å². The number of nitrogens with zero attached hydrogens (tertiary/aromatic N) is 17. The average molecular weight is 2010 g/mol. The molecule has 62 nitrogen and oxygen atoms in total. The smallest absolute Gasteiger partial charge is 0.387 e. The molecule has 2 saturated heterocycles. The number of aliphatic hydroxyl groups is 1. The van der Waals surface area contributed by atoms with Crippen molar-refractivity contribution in [2.24, 2.45) is 5.73 Å². The number of aromatic amines is 4. The lowest BCUT2D eigenvalue weighted by Gasteiger charge is -2.38. The molecule has 762 valence electrons. The lowest BCUT2D eigenvalue weighted by atomic mass is 10.1. The Bertz CT molecular complexity index is 6420. The number of hydrogen-bond donors (Lipinski definition) is 16. The van der Waals surface area contributed by atoms with E-state index in [0.29, 0.717) is 5.65 Å². The number of rotatable bonds is 54. The van der Waals surface area contributed by atoms with Gasteiger partial charge in [-0.1, -0.05) is 0 Å². The number of aryl methyl sites for hydroxylation is 4. The van der Waals surface area contributed by atoms with Crippen LogP contribution in [-0.4, -0.2) is 376 Å². The first-order valence-corrected chi connectivity index (χ1v) is 45.7. The Labute approximate surface area is 787 Å². The van der Waals surface area contributed by atoms with Gasteiger partial charge in [-0.2, -0.15) is 0 Å². The van der Waals surface area contributed by atoms with Gasteiger partial charge in [0.1, 0.15) is 87.6 Å². The highest BCUT2D eigenvalue weighted by atomic mass is 31.2. The number of aromatic nitrogens is 16. The zero-order chi connectivity index (χ0) is 102. The van der Waals surface area contributed by atoms with Gasteiger partial charge >= 0.3 is 38.4 Å². The Morgan fingerprint density at radius 3 is 1.26 bits per heavy atom. The molecule has 0 aromatic carbocycles. The minimum Gasteiger partial charge on any atom is -0.387 e. The van der Waals surface area contributed by atoms with Crippen molar-refractivity contribution in [1.82, 2.24) is 128 Å². The fourth-order valence-electron chi connectivity index (χ4n) is 13.8. The summed E-state index contributed by atoms with van der Waals surface area (Å²) < 4.78 is 81.7. The molecule has 8 aromatic rings. The Balaban J connectivity index is 0.650.